The lowest BCUT2D eigenvalue weighted by molar-refractivity contribution is -0.0429. The van der Waals surface area contributed by atoms with E-state index in [4.69, 9.17) is 5.11 Å². The van der Waals surface area contributed by atoms with Gasteiger partial charge in [-0.3, -0.25) is 0 Å². The van der Waals surface area contributed by atoms with E-state index in [1.165, 1.54) is 0 Å². The van der Waals surface area contributed by atoms with E-state index in [0.29, 0.717) is 6.42 Å². The number of aliphatic hydroxyl groups is 2. The van der Waals surface area contributed by atoms with Crippen LogP contribution in [0.3, 0.4) is 0 Å². The van der Waals surface area contributed by atoms with Crippen molar-refractivity contribution in [3.05, 3.63) is 0 Å². The zero-order valence-corrected chi connectivity index (χ0v) is 8.89. The summed E-state index contributed by atoms with van der Waals surface area (Å²) in [5, 5.41) is 18.7. The summed E-state index contributed by atoms with van der Waals surface area (Å²) < 4.78 is 0. The summed E-state index contributed by atoms with van der Waals surface area (Å²) in [5.74, 6) is 0.134. The second-order valence-electron chi connectivity index (χ2n) is 5.08. The van der Waals surface area contributed by atoms with Crippen LogP contribution < -0.4 is 0 Å². The second kappa shape index (κ2) is 3.75. The van der Waals surface area contributed by atoms with Crippen molar-refractivity contribution in [1.29, 1.82) is 0 Å². The van der Waals surface area contributed by atoms with E-state index in [0.717, 1.165) is 0 Å². The Morgan fingerprint density at radius 2 is 1.50 bits per heavy atom. The Bertz CT molecular complexity index is 114. The molecule has 1 unspecified atom stereocenters. The van der Waals surface area contributed by atoms with Crippen molar-refractivity contribution in [3.8, 4) is 0 Å². The summed E-state index contributed by atoms with van der Waals surface area (Å²) in [6.45, 7) is 10.0. The first-order valence-electron chi connectivity index (χ1n) is 4.53. The number of hydrogen-bond donors (Lipinski definition) is 2. The maximum Gasteiger partial charge on any atom is 0.0625 e. The molecule has 1 atom stereocenters. The first-order chi connectivity index (χ1) is 5.19. The summed E-state index contributed by atoms with van der Waals surface area (Å²) in [6, 6.07) is 0. The van der Waals surface area contributed by atoms with E-state index in [2.05, 4.69) is 20.8 Å². The molecule has 12 heavy (non-hydrogen) atoms. The summed E-state index contributed by atoms with van der Waals surface area (Å²) in [6.07, 6.45) is 0.660. The Balaban J connectivity index is 4.45. The van der Waals surface area contributed by atoms with Crippen LogP contribution in [0.2, 0.25) is 0 Å². The lowest BCUT2D eigenvalue weighted by Crippen LogP contribution is -2.40. The molecule has 0 aliphatic rings. The fraction of sp³-hybridized carbons (Fsp3) is 1.00. The average molecular weight is 174 g/mol. The molecule has 2 N–H and O–H groups in total. The Morgan fingerprint density at radius 3 is 1.58 bits per heavy atom. The maximum absolute atomic E-state index is 9.83. The first kappa shape index (κ1) is 11.9. The van der Waals surface area contributed by atoms with Crippen LogP contribution in [-0.4, -0.2) is 22.4 Å². The van der Waals surface area contributed by atoms with E-state index >= 15 is 0 Å². The standard InChI is InChI=1S/C10H22O2/c1-9(2,3)8(6-7-11)10(4,5)12/h8,11-12H,6-7H2,1-5H3. The Hall–Kier alpha value is -0.0800. The highest BCUT2D eigenvalue weighted by Gasteiger charge is 2.35. The third-order valence-corrected chi connectivity index (χ3v) is 2.32. The van der Waals surface area contributed by atoms with Gasteiger partial charge in [0.15, 0.2) is 0 Å². The summed E-state index contributed by atoms with van der Waals surface area (Å²) in [4.78, 5) is 0. The zero-order valence-electron chi connectivity index (χ0n) is 8.89. The van der Waals surface area contributed by atoms with E-state index in [1.54, 1.807) is 13.8 Å². The molecule has 0 saturated heterocycles. The molecule has 0 bridgehead atoms. The van der Waals surface area contributed by atoms with Gasteiger partial charge < -0.3 is 10.2 Å². The van der Waals surface area contributed by atoms with Gasteiger partial charge in [-0.1, -0.05) is 20.8 Å². The number of rotatable bonds is 3. The molecule has 0 aromatic carbocycles. The van der Waals surface area contributed by atoms with Crippen LogP contribution in [0.15, 0.2) is 0 Å². The van der Waals surface area contributed by atoms with Crippen LogP contribution in [0.25, 0.3) is 0 Å². The van der Waals surface area contributed by atoms with Crippen LogP contribution in [0.5, 0.6) is 0 Å². The smallest absolute Gasteiger partial charge is 0.0625 e. The SMILES string of the molecule is CC(C)(C)C(CCO)C(C)(C)O. The van der Waals surface area contributed by atoms with E-state index < -0.39 is 5.60 Å². The highest BCUT2D eigenvalue weighted by Crippen LogP contribution is 2.36. The topological polar surface area (TPSA) is 40.5 Å². The Kier molecular flexibility index (Phi) is 3.73. The molecule has 0 rings (SSSR count). The number of hydrogen-bond acceptors (Lipinski definition) is 2. The van der Waals surface area contributed by atoms with Gasteiger partial charge in [0.25, 0.3) is 0 Å². The van der Waals surface area contributed by atoms with Crippen molar-refractivity contribution in [2.45, 2.75) is 46.6 Å². The largest absolute Gasteiger partial charge is 0.396 e. The fourth-order valence-corrected chi connectivity index (χ4v) is 1.98. The van der Waals surface area contributed by atoms with Crippen molar-refractivity contribution in [3.63, 3.8) is 0 Å². The predicted molar refractivity (Wildman–Crippen MR) is 50.9 cm³/mol. The first-order valence-corrected chi connectivity index (χ1v) is 4.53. The van der Waals surface area contributed by atoms with Crippen molar-refractivity contribution in [2.24, 2.45) is 11.3 Å². The lowest BCUT2D eigenvalue weighted by atomic mass is 9.70. The predicted octanol–water partition coefficient (Wildman–Crippen LogP) is 1.80. The molecule has 0 spiro atoms. The molecule has 2 heteroatoms. The van der Waals surface area contributed by atoms with Gasteiger partial charge in [0.1, 0.15) is 0 Å². The van der Waals surface area contributed by atoms with Gasteiger partial charge in [-0.15, -0.1) is 0 Å². The Labute approximate surface area is 75.6 Å². The molecule has 74 valence electrons. The van der Waals surface area contributed by atoms with E-state index in [9.17, 15) is 5.11 Å². The van der Waals surface area contributed by atoms with Gasteiger partial charge in [0.05, 0.1) is 5.60 Å². The maximum atomic E-state index is 9.83. The molecule has 2 nitrogen and oxygen atoms in total. The van der Waals surface area contributed by atoms with Gasteiger partial charge in [-0.05, 0) is 31.6 Å². The van der Waals surface area contributed by atoms with Gasteiger partial charge in [-0.2, -0.15) is 0 Å². The summed E-state index contributed by atoms with van der Waals surface area (Å²) >= 11 is 0. The molecule has 0 heterocycles. The van der Waals surface area contributed by atoms with Crippen LogP contribution >= 0.6 is 0 Å². The van der Waals surface area contributed by atoms with Crippen molar-refractivity contribution in [1.82, 2.24) is 0 Å². The molecule has 0 aliphatic carbocycles. The minimum absolute atomic E-state index is 0.0426. The summed E-state index contributed by atoms with van der Waals surface area (Å²) in [7, 11) is 0. The zero-order chi connectivity index (χ0) is 9.99. The van der Waals surface area contributed by atoms with E-state index in [-0.39, 0.29) is 17.9 Å². The molecule has 0 aliphatic heterocycles. The van der Waals surface area contributed by atoms with Crippen LogP contribution in [0.1, 0.15) is 41.0 Å². The minimum Gasteiger partial charge on any atom is -0.396 e. The third kappa shape index (κ3) is 3.55. The monoisotopic (exact) mass is 174 g/mol. The van der Waals surface area contributed by atoms with Crippen LogP contribution in [-0.2, 0) is 0 Å². The van der Waals surface area contributed by atoms with Gasteiger partial charge in [0.2, 0.25) is 0 Å². The van der Waals surface area contributed by atoms with Crippen molar-refractivity contribution < 1.29 is 10.2 Å². The molecule has 0 aromatic rings. The molecule has 0 saturated carbocycles. The average Bonchev–Trinajstić information content (AvgIpc) is 1.77. The molecular weight excluding hydrogens is 152 g/mol. The molecule has 0 aromatic heterocycles. The van der Waals surface area contributed by atoms with Crippen LogP contribution in [0.4, 0.5) is 0 Å². The van der Waals surface area contributed by atoms with Crippen molar-refractivity contribution in [2.75, 3.05) is 6.61 Å². The normalized spacial score (nSPS) is 16.2. The van der Waals surface area contributed by atoms with Gasteiger partial charge in [-0.25, -0.2) is 0 Å². The summed E-state index contributed by atoms with van der Waals surface area (Å²) in [5.41, 5.74) is -0.665. The quantitative estimate of drug-likeness (QED) is 0.685. The molecular formula is C10H22O2. The molecule has 0 amide bonds. The molecule has 0 radical (unpaired) electrons. The van der Waals surface area contributed by atoms with Crippen LogP contribution in [0, 0.1) is 11.3 Å². The van der Waals surface area contributed by atoms with Crippen molar-refractivity contribution >= 4 is 0 Å². The highest BCUT2D eigenvalue weighted by atomic mass is 16.3. The number of aliphatic hydroxyl groups excluding tert-OH is 1. The van der Waals surface area contributed by atoms with Gasteiger partial charge >= 0.3 is 0 Å². The minimum atomic E-state index is -0.707. The fourth-order valence-electron chi connectivity index (χ4n) is 1.98. The third-order valence-electron chi connectivity index (χ3n) is 2.32. The second-order valence-corrected chi connectivity index (χ2v) is 5.08. The van der Waals surface area contributed by atoms with E-state index in [1.807, 2.05) is 0 Å². The van der Waals surface area contributed by atoms with Gasteiger partial charge in [0, 0.05) is 6.61 Å². The molecule has 0 fully saturated rings. The lowest BCUT2D eigenvalue weighted by Gasteiger charge is -2.39. The Morgan fingerprint density at radius 1 is 1.08 bits per heavy atom. The highest BCUT2D eigenvalue weighted by molar-refractivity contribution is 4.85.